The molecule has 1 N–H and O–H groups in total. The van der Waals surface area contributed by atoms with Crippen LogP contribution < -0.4 is 5.32 Å². The molecule has 1 aromatic heterocycles. The van der Waals surface area contributed by atoms with Crippen molar-refractivity contribution in [2.24, 2.45) is 0 Å². The monoisotopic (exact) mass is 273 g/mol. The van der Waals surface area contributed by atoms with Crippen LogP contribution in [0.1, 0.15) is 31.0 Å². The number of hydrogen-bond donors (Lipinski definition) is 1. The molecular formula is C16H23N3O. The van der Waals surface area contributed by atoms with E-state index in [0.29, 0.717) is 6.61 Å². The number of hydrogen-bond acceptors (Lipinski definition) is 3. The molecule has 0 aliphatic rings. The highest BCUT2D eigenvalue weighted by Crippen LogP contribution is 2.24. The number of imidazole rings is 1. The van der Waals surface area contributed by atoms with Gasteiger partial charge in [0.05, 0.1) is 12.6 Å². The lowest BCUT2D eigenvalue weighted by molar-refractivity contribution is 0.190. The molecule has 0 aliphatic carbocycles. The van der Waals surface area contributed by atoms with Gasteiger partial charge in [0.15, 0.2) is 0 Å². The SMILES string of the molecule is COCC(C)Nc1nccn1C(C)c1ccccc1C. The maximum Gasteiger partial charge on any atom is 0.203 e. The van der Waals surface area contributed by atoms with Gasteiger partial charge in [-0.25, -0.2) is 4.98 Å². The summed E-state index contributed by atoms with van der Waals surface area (Å²) >= 11 is 0. The Morgan fingerprint density at radius 1 is 1.30 bits per heavy atom. The summed E-state index contributed by atoms with van der Waals surface area (Å²) in [6.45, 7) is 7.08. The average Bonchev–Trinajstić information content (AvgIpc) is 2.87. The molecule has 0 fully saturated rings. The molecule has 0 amide bonds. The van der Waals surface area contributed by atoms with Gasteiger partial charge in [-0.3, -0.25) is 0 Å². The van der Waals surface area contributed by atoms with Gasteiger partial charge in [-0.05, 0) is 31.9 Å². The van der Waals surface area contributed by atoms with Gasteiger partial charge < -0.3 is 14.6 Å². The highest BCUT2D eigenvalue weighted by atomic mass is 16.5. The summed E-state index contributed by atoms with van der Waals surface area (Å²) in [7, 11) is 1.71. The largest absolute Gasteiger partial charge is 0.383 e. The van der Waals surface area contributed by atoms with E-state index in [2.05, 4.69) is 59.9 Å². The van der Waals surface area contributed by atoms with Gasteiger partial charge in [0.2, 0.25) is 5.95 Å². The quantitative estimate of drug-likeness (QED) is 0.878. The molecule has 20 heavy (non-hydrogen) atoms. The van der Waals surface area contributed by atoms with Crippen LogP contribution in [0.25, 0.3) is 0 Å². The summed E-state index contributed by atoms with van der Waals surface area (Å²) in [5.41, 5.74) is 2.61. The number of anilines is 1. The van der Waals surface area contributed by atoms with E-state index in [9.17, 15) is 0 Å². The first-order valence-corrected chi connectivity index (χ1v) is 6.97. The summed E-state index contributed by atoms with van der Waals surface area (Å²) in [6, 6.07) is 8.93. The van der Waals surface area contributed by atoms with E-state index in [1.54, 1.807) is 7.11 Å². The van der Waals surface area contributed by atoms with Gasteiger partial charge in [-0.1, -0.05) is 24.3 Å². The van der Waals surface area contributed by atoms with E-state index >= 15 is 0 Å². The number of rotatable bonds is 6. The minimum absolute atomic E-state index is 0.227. The summed E-state index contributed by atoms with van der Waals surface area (Å²) in [4.78, 5) is 4.41. The summed E-state index contributed by atoms with van der Waals surface area (Å²) < 4.78 is 7.32. The van der Waals surface area contributed by atoms with E-state index < -0.39 is 0 Å². The zero-order chi connectivity index (χ0) is 14.5. The fourth-order valence-electron chi connectivity index (χ4n) is 2.45. The van der Waals surface area contributed by atoms with Crippen molar-refractivity contribution in [3.8, 4) is 0 Å². The first-order chi connectivity index (χ1) is 9.63. The van der Waals surface area contributed by atoms with Crippen molar-refractivity contribution >= 4 is 5.95 Å². The minimum atomic E-state index is 0.227. The fourth-order valence-corrected chi connectivity index (χ4v) is 2.45. The molecule has 2 aromatic rings. The molecule has 0 aliphatic heterocycles. The lowest BCUT2D eigenvalue weighted by atomic mass is 10.0. The Bertz CT molecular complexity index is 550. The van der Waals surface area contributed by atoms with Crippen molar-refractivity contribution < 1.29 is 4.74 Å². The van der Waals surface area contributed by atoms with Crippen LogP contribution in [0.15, 0.2) is 36.7 Å². The minimum Gasteiger partial charge on any atom is -0.383 e. The number of aromatic nitrogens is 2. The van der Waals surface area contributed by atoms with Crippen molar-refractivity contribution in [2.45, 2.75) is 32.9 Å². The zero-order valence-electron chi connectivity index (χ0n) is 12.6. The average molecular weight is 273 g/mol. The van der Waals surface area contributed by atoms with Crippen LogP contribution in [0.3, 0.4) is 0 Å². The fraction of sp³-hybridized carbons (Fsp3) is 0.438. The van der Waals surface area contributed by atoms with Gasteiger partial charge >= 0.3 is 0 Å². The Morgan fingerprint density at radius 3 is 2.75 bits per heavy atom. The van der Waals surface area contributed by atoms with Crippen molar-refractivity contribution in [3.05, 3.63) is 47.8 Å². The highest BCUT2D eigenvalue weighted by molar-refractivity contribution is 5.34. The van der Waals surface area contributed by atoms with Crippen LogP contribution in [0.5, 0.6) is 0 Å². The molecule has 2 atom stereocenters. The van der Waals surface area contributed by atoms with Crippen molar-refractivity contribution in [1.29, 1.82) is 0 Å². The Labute approximate surface area is 120 Å². The lowest BCUT2D eigenvalue weighted by Crippen LogP contribution is -2.24. The predicted octanol–water partition coefficient (Wildman–Crippen LogP) is 3.25. The third-order valence-electron chi connectivity index (χ3n) is 3.52. The molecule has 2 unspecified atom stereocenters. The number of benzene rings is 1. The summed E-state index contributed by atoms with van der Waals surface area (Å²) in [5.74, 6) is 0.880. The molecule has 0 saturated heterocycles. The molecule has 0 radical (unpaired) electrons. The van der Waals surface area contributed by atoms with Crippen LogP contribution in [-0.2, 0) is 4.74 Å². The predicted molar refractivity (Wildman–Crippen MR) is 82.2 cm³/mol. The van der Waals surface area contributed by atoms with Gasteiger partial charge in [-0.2, -0.15) is 0 Å². The number of methoxy groups -OCH3 is 1. The van der Waals surface area contributed by atoms with E-state index in [0.717, 1.165) is 5.95 Å². The Hall–Kier alpha value is -1.81. The molecule has 4 nitrogen and oxygen atoms in total. The van der Waals surface area contributed by atoms with Crippen LogP contribution in [0.2, 0.25) is 0 Å². The van der Waals surface area contributed by atoms with Crippen LogP contribution in [0, 0.1) is 6.92 Å². The number of ether oxygens (including phenoxy) is 1. The van der Waals surface area contributed by atoms with E-state index in [1.807, 2.05) is 12.4 Å². The van der Waals surface area contributed by atoms with E-state index in [4.69, 9.17) is 4.74 Å². The van der Waals surface area contributed by atoms with Crippen molar-refractivity contribution in [2.75, 3.05) is 19.0 Å². The molecule has 1 heterocycles. The van der Waals surface area contributed by atoms with Crippen molar-refractivity contribution in [3.63, 3.8) is 0 Å². The number of nitrogens with zero attached hydrogens (tertiary/aromatic N) is 2. The second-order valence-corrected chi connectivity index (χ2v) is 5.19. The third kappa shape index (κ3) is 3.20. The van der Waals surface area contributed by atoms with Gasteiger partial charge in [-0.15, -0.1) is 0 Å². The topological polar surface area (TPSA) is 39.1 Å². The molecule has 2 rings (SSSR count). The molecule has 0 spiro atoms. The van der Waals surface area contributed by atoms with Crippen molar-refractivity contribution in [1.82, 2.24) is 9.55 Å². The maximum absolute atomic E-state index is 5.16. The molecule has 108 valence electrons. The molecule has 0 saturated carbocycles. The maximum atomic E-state index is 5.16. The van der Waals surface area contributed by atoms with E-state index in [1.165, 1.54) is 11.1 Å². The highest BCUT2D eigenvalue weighted by Gasteiger charge is 2.14. The van der Waals surface area contributed by atoms with Crippen LogP contribution in [0.4, 0.5) is 5.95 Å². The second kappa shape index (κ2) is 6.57. The second-order valence-electron chi connectivity index (χ2n) is 5.19. The van der Waals surface area contributed by atoms with E-state index in [-0.39, 0.29) is 12.1 Å². The first kappa shape index (κ1) is 14.6. The van der Waals surface area contributed by atoms with Gasteiger partial charge in [0, 0.05) is 25.5 Å². The number of aryl methyl sites for hydroxylation is 1. The van der Waals surface area contributed by atoms with Gasteiger partial charge in [0.25, 0.3) is 0 Å². The molecule has 4 heteroatoms. The molecular weight excluding hydrogens is 250 g/mol. The Kier molecular flexibility index (Phi) is 4.79. The Balaban J connectivity index is 2.21. The summed E-state index contributed by atoms with van der Waals surface area (Å²) in [5, 5.41) is 3.39. The third-order valence-corrected chi connectivity index (χ3v) is 3.52. The lowest BCUT2D eigenvalue weighted by Gasteiger charge is -2.21. The van der Waals surface area contributed by atoms with Crippen LogP contribution in [-0.4, -0.2) is 29.3 Å². The first-order valence-electron chi connectivity index (χ1n) is 6.97. The van der Waals surface area contributed by atoms with Crippen LogP contribution >= 0.6 is 0 Å². The Morgan fingerprint density at radius 2 is 2.05 bits per heavy atom. The standard InChI is InChI=1S/C16H23N3O/c1-12-7-5-6-8-15(12)14(3)19-10-9-17-16(19)18-13(2)11-20-4/h5-10,13-14H,11H2,1-4H3,(H,17,18). The zero-order valence-corrected chi connectivity index (χ0v) is 12.6. The molecule has 0 bridgehead atoms. The smallest absolute Gasteiger partial charge is 0.203 e. The molecule has 1 aromatic carbocycles. The summed E-state index contributed by atoms with van der Waals surface area (Å²) in [6.07, 6.45) is 3.84. The normalized spacial score (nSPS) is 14.0. The van der Waals surface area contributed by atoms with Gasteiger partial charge in [0.1, 0.15) is 0 Å². The number of nitrogens with one attached hydrogen (secondary N) is 1.